The van der Waals surface area contributed by atoms with Crippen LogP contribution in [-0.4, -0.2) is 20.7 Å². The molecule has 1 aromatic heterocycles. The number of aryl methyl sites for hydroxylation is 1. The van der Waals surface area contributed by atoms with Gasteiger partial charge in [0.05, 0.1) is 0 Å². The molecule has 1 N–H and O–H groups in total. The lowest BCUT2D eigenvalue weighted by molar-refractivity contribution is 0.774. The lowest BCUT2D eigenvalue weighted by Crippen LogP contribution is -2.07. The molecule has 3 nitrogen and oxygen atoms in total. The number of anilines is 1. The van der Waals surface area contributed by atoms with Gasteiger partial charge >= 0.3 is 0 Å². The van der Waals surface area contributed by atoms with E-state index in [1.165, 1.54) is 11.5 Å². The zero-order valence-electron chi connectivity index (χ0n) is 8.59. The molecule has 0 amide bonds. The van der Waals surface area contributed by atoms with Gasteiger partial charge in [-0.1, -0.05) is 29.8 Å². The summed E-state index contributed by atoms with van der Waals surface area (Å²) >= 11 is 5.04. The second-order valence-electron chi connectivity index (χ2n) is 3.09. The molecule has 0 aliphatic heterocycles. The molecule has 0 saturated carbocycles. The Hall–Kier alpha value is -0.160. The fourth-order valence-electron chi connectivity index (χ4n) is 1.01. The van der Waals surface area contributed by atoms with Crippen molar-refractivity contribution in [3.63, 3.8) is 0 Å². The van der Waals surface area contributed by atoms with E-state index in [-0.39, 0.29) is 0 Å². The normalized spacial score (nSPS) is 12.8. The number of aromatic nitrogens is 2. The molecule has 0 bridgehead atoms. The van der Waals surface area contributed by atoms with Gasteiger partial charge < -0.3 is 5.32 Å². The van der Waals surface area contributed by atoms with Crippen molar-refractivity contribution < 1.29 is 0 Å². The van der Waals surface area contributed by atoms with Gasteiger partial charge in [0, 0.05) is 29.3 Å². The van der Waals surface area contributed by atoms with Crippen LogP contribution in [0.15, 0.2) is 0 Å². The average Bonchev–Trinajstić information content (AvgIpc) is 2.65. The molecule has 0 saturated heterocycles. The van der Waals surface area contributed by atoms with Crippen LogP contribution in [0.25, 0.3) is 0 Å². The average molecular weight is 278 g/mol. The molecule has 0 spiro atoms. The van der Waals surface area contributed by atoms with Crippen LogP contribution in [0.1, 0.15) is 32.5 Å². The highest BCUT2D eigenvalue weighted by atomic mass is 79.9. The van der Waals surface area contributed by atoms with E-state index in [0.717, 1.165) is 36.8 Å². The molecule has 5 heteroatoms. The van der Waals surface area contributed by atoms with E-state index in [1.54, 1.807) is 0 Å². The topological polar surface area (TPSA) is 37.8 Å². The van der Waals surface area contributed by atoms with Gasteiger partial charge in [-0.25, -0.2) is 4.98 Å². The standard InChI is InChI=1S/C9H16BrN3S/c1-3-7(10)5-6-11-9-12-8(4-2)13-14-9/h7H,3-6H2,1-2H3,(H,11,12,13). The minimum Gasteiger partial charge on any atom is -0.360 e. The Morgan fingerprint density at radius 3 is 2.86 bits per heavy atom. The molecular weight excluding hydrogens is 262 g/mol. The molecule has 1 rings (SSSR count). The van der Waals surface area contributed by atoms with Crippen LogP contribution in [0.3, 0.4) is 0 Å². The number of hydrogen-bond donors (Lipinski definition) is 1. The van der Waals surface area contributed by atoms with Crippen molar-refractivity contribution in [1.29, 1.82) is 0 Å². The number of halogens is 1. The number of nitrogens with zero attached hydrogens (tertiary/aromatic N) is 2. The monoisotopic (exact) mass is 277 g/mol. The Bertz CT molecular complexity index is 264. The molecule has 1 atom stereocenters. The maximum Gasteiger partial charge on any atom is 0.202 e. The Morgan fingerprint density at radius 2 is 2.29 bits per heavy atom. The summed E-state index contributed by atoms with van der Waals surface area (Å²) < 4.78 is 4.21. The van der Waals surface area contributed by atoms with Gasteiger partial charge in [0.15, 0.2) is 0 Å². The zero-order chi connectivity index (χ0) is 10.4. The Kier molecular flexibility index (Phi) is 5.40. The van der Waals surface area contributed by atoms with Crippen molar-refractivity contribution in [2.45, 2.75) is 37.9 Å². The first kappa shape index (κ1) is 11.9. The molecule has 1 unspecified atom stereocenters. The third-order valence-corrected chi connectivity index (χ3v) is 3.78. The van der Waals surface area contributed by atoms with Crippen LogP contribution in [0, 0.1) is 0 Å². The molecule has 1 aromatic rings. The van der Waals surface area contributed by atoms with Crippen LogP contribution in [-0.2, 0) is 6.42 Å². The molecule has 0 aliphatic carbocycles. The molecule has 1 heterocycles. The van der Waals surface area contributed by atoms with E-state index in [4.69, 9.17) is 0 Å². The number of hydrogen-bond acceptors (Lipinski definition) is 4. The number of alkyl halides is 1. The highest BCUT2D eigenvalue weighted by Gasteiger charge is 2.03. The summed E-state index contributed by atoms with van der Waals surface area (Å²) in [7, 11) is 0. The highest BCUT2D eigenvalue weighted by molar-refractivity contribution is 9.09. The number of rotatable bonds is 6. The molecule has 0 aromatic carbocycles. The third-order valence-electron chi connectivity index (χ3n) is 1.96. The van der Waals surface area contributed by atoms with Gasteiger partial charge in [-0.05, 0) is 12.8 Å². The van der Waals surface area contributed by atoms with E-state index in [0.29, 0.717) is 4.83 Å². The largest absolute Gasteiger partial charge is 0.360 e. The van der Waals surface area contributed by atoms with Gasteiger partial charge in [0.1, 0.15) is 5.82 Å². The molecular formula is C9H16BrN3S. The first-order valence-corrected chi connectivity index (χ1v) is 6.65. The summed E-state index contributed by atoms with van der Waals surface area (Å²) in [6.07, 6.45) is 3.20. The fourth-order valence-corrected chi connectivity index (χ4v) is 1.91. The fraction of sp³-hybridized carbons (Fsp3) is 0.778. The van der Waals surface area contributed by atoms with Crippen LogP contribution in [0.4, 0.5) is 5.13 Å². The lowest BCUT2D eigenvalue weighted by atomic mass is 10.2. The third kappa shape index (κ3) is 3.92. The van der Waals surface area contributed by atoms with E-state index in [2.05, 4.69) is 44.5 Å². The van der Waals surface area contributed by atoms with Gasteiger partial charge in [-0.2, -0.15) is 4.37 Å². The molecule has 0 fully saturated rings. The summed E-state index contributed by atoms with van der Waals surface area (Å²) in [5.41, 5.74) is 0. The summed E-state index contributed by atoms with van der Waals surface area (Å²) in [6, 6.07) is 0. The van der Waals surface area contributed by atoms with Gasteiger partial charge in [0.2, 0.25) is 5.13 Å². The highest BCUT2D eigenvalue weighted by Crippen LogP contribution is 2.13. The summed E-state index contributed by atoms with van der Waals surface area (Å²) in [4.78, 5) is 4.94. The SMILES string of the molecule is CCc1nsc(NCCC(Br)CC)n1. The van der Waals surface area contributed by atoms with E-state index < -0.39 is 0 Å². The second-order valence-corrected chi connectivity index (χ2v) is 5.14. The van der Waals surface area contributed by atoms with E-state index in [1.807, 2.05) is 0 Å². The molecule has 0 radical (unpaired) electrons. The minimum absolute atomic E-state index is 0.605. The molecule has 80 valence electrons. The summed E-state index contributed by atoms with van der Waals surface area (Å²) in [6.45, 7) is 5.21. The smallest absolute Gasteiger partial charge is 0.202 e. The van der Waals surface area contributed by atoms with Crippen LogP contribution >= 0.6 is 27.5 Å². The minimum atomic E-state index is 0.605. The van der Waals surface area contributed by atoms with Gasteiger partial charge in [-0.15, -0.1) is 0 Å². The Balaban J connectivity index is 2.24. The first-order valence-electron chi connectivity index (χ1n) is 4.96. The van der Waals surface area contributed by atoms with Gasteiger partial charge in [0.25, 0.3) is 0 Å². The van der Waals surface area contributed by atoms with Crippen LogP contribution in [0.2, 0.25) is 0 Å². The lowest BCUT2D eigenvalue weighted by Gasteiger charge is -2.05. The maximum absolute atomic E-state index is 4.33. The van der Waals surface area contributed by atoms with E-state index >= 15 is 0 Å². The summed E-state index contributed by atoms with van der Waals surface area (Å²) in [5.74, 6) is 0.934. The van der Waals surface area contributed by atoms with Crippen molar-refractivity contribution in [1.82, 2.24) is 9.36 Å². The molecule has 0 aliphatic rings. The Labute approximate surface area is 97.6 Å². The van der Waals surface area contributed by atoms with Crippen molar-refractivity contribution >= 4 is 32.6 Å². The predicted molar refractivity (Wildman–Crippen MR) is 65.4 cm³/mol. The maximum atomic E-state index is 4.33. The first-order chi connectivity index (χ1) is 6.76. The van der Waals surface area contributed by atoms with Gasteiger partial charge in [-0.3, -0.25) is 0 Å². The number of nitrogens with one attached hydrogen (secondary N) is 1. The second kappa shape index (κ2) is 6.35. The zero-order valence-corrected chi connectivity index (χ0v) is 11.0. The quantitative estimate of drug-likeness (QED) is 0.813. The van der Waals surface area contributed by atoms with Crippen molar-refractivity contribution in [3.05, 3.63) is 5.82 Å². The predicted octanol–water partition coefficient (Wildman–Crippen LogP) is 3.08. The van der Waals surface area contributed by atoms with Crippen molar-refractivity contribution in [3.8, 4) is 0 Å². The Morgan fingerprint density at radius 1 is 1.50 bits per heavy atom. The van der Waals surface area contributed by atoms with Crippen molar-refractivity contribution in [2.75, 3.05) is 11.9 Å². The van der Waals surface area contributed by atoms with E-state index in [9.17, 15) is 0 Å². The molecule has 14 heavy (non-hydrogen) atoms. The van der Waals surface area contributed by atoms with Crippen LogP contribution < -0.4 is 5.32 Å². The van der Waals surface area contributed by atoms with Crippen LogP contribution in [0.5, 0.6) is 0 Å². The van der Waals surface area contributed by atoms with Crippen molar-refractivity contribution in [2.24, 2.45) is 0 Å². The summed E-state index contributed by atoms with van der Waals surface area (Å²) in [5, 5.41) is 4.22.